The fraction of sp³-hybridized carbons (Fsp3) is 0.667. The lowest BCUT2D eigenvalue weighted by molar-refractivity contribution is -0.144. The van der Waals surface area contributed by atoms with Crippen molar-refractivity contribution in [2.75, 3.05) is 25.0 Å². The number of amides is 1. The molecule has 1 N–H and O–H groups in total. The minimum absolute atomic E-state index is 0.129. The summed E-state index contributed by atoms with van der Waals surface area (Å²) in [5.74, 6) is -0.411. The third kappa shape index (κ3) is 4.07. The highest BCUT2D eigenvalue weighted by Gasteiger charge is 2.32. The van der Waals surface area contributed by atoms with E-state index in [0.717, 1.165) is 29.9 Å². The van der Waals surface area contributed by atoms with Crippen molar-refractivity contribution in [1.29, 1.82) is 0 Å². The van der Waals surface area contributed by atoms with Crippen LogP contribution < -0.4 is 5.32 Å². The Labute approximate surface area is 130 Å². The van der Waals surface area contributed by atoms with Gasteiger partial charge in [-0.2, -0.15) is 5.10 Å². The van der Waals surface area contributed by atoms with Crippen LogP contribution in [0.5, 0.6) is 0 Å². The van der Waals surface area contributed by atoms with E-state index in [-0.39, 0.29) is 25.0 Å². The molecule has 7 heteroatoms. The summed E-state index contributed by atoms with van der Waals surface area (Å²) in [6, 6.07) is 0.311. The first-order valence-corrected chi connectivity index (χ1v) is 7.62. The minimum Gasteiger partial charge on any atom is -0.465 e. The number of nitrogens with one attached hydrogen (secondary N) is 1. The lowest BCUT2D eigenvalue weighted by Crippen LogP contribution is -2.39. The summed E-state index contributed by atoms with van der Waals surface area (Å²) in [6.07, 6.45) is 2.05. The van der Waals surface area contributed by atoms with Crippen LogP contribution in [0.15, 0.2) is 0 Å². The topological polar surface area (TPSA) is 76.5 Å². The summed E-state index contributed by atoms with van der Waals surface area (Å²) in [5, 5.41) is 7.18. The number of nitrogens with zero attached hydrogens (tertiary/aromatic N) is 3. The number of rotatable bonds is 7. The van der Waals surface area contributed by atoms with Crippen LogP contribution >= 0.6 is 0 Å². The Morgan fingerprint density at radius 2 is 2.05 bits per heavy atom. The fourth-order valence-electron chi connectivity index (χ4n) is 2.44. The molecule has 0 atom stereocenters. The van der Waals surface area contributed by atoms with Gasteiger partial charge in [-0.25, -0.2) is 0 Å². The van der Waals surface area contributed by atoms with Crippen LogP contribution in [0.4, 0.5) is 5.69 Å². The second kappa shape index (κ2) is 6.91. The number of hydrogen-bond acceptors (Lipinski definition) is 5. The molecule has 1 amide bonds. The van der Waals surface area contributed by atoms with Gasteiger partial charge in [-0.3, -0.25) is 19.2 Å². The van der Waals surface area contributed by atoms with Gasteiger partial charge in [-0.05, 0) is 33.6 Å². The number of aromatic nitrogens is 2. The van der Waals surface area contributed by atoms with Gasteiger partial charge in [0.15, 0.2) is 0 Å². The van der Waals surface area contributed by atoms with Gasteiger partial charge in [-0.1, -0.05) is 0 Å². The van der Waals surface area contributed by atoms with Crippen molar-refractivity contribution in [2.24, 2.45) is 7.05 Å². The molecule has 2 rings (SSSR count). The molecule has 1 heterocycles. The smallest absolute Gasteiger partial charge is 0.320 e. The monoisotopic (exact) mass is 308 g/mol. The molecule has 0 bridgehead atoms. The van der Waals surface area contributed by atoms with Crippen molar-refractivity contribution >= 4 is 17.6 Å². The SMILES string of the molecule is CCOC(=O)CN(CC(=O)Nc1c(C)nn(C)c1C)C1CC1. The number of carbonyl (C=O) groups excluding carboxylic acids is 2. The fourth-order valence-corrected chi connectivity index (χ4v) is 2.44. The van der Waals surface area contributed by atoms with E-state index in [2.05, 4.69) is 10.4 Å². The Balaban J connectivity index is 1.95. The summed E-state index contributed by atoms with van der Waals surface area (Å²) in [4.78, 5) is 25.8. The third-order valence-corrected chi connectivity index (χ3v) is 3.82. The molecule has 1 aromatic heterocycles. The Morgan fingerprint density at radius 3 is 2.55 bits per heavy atom. The largest absolute Gasteiger partial charge is 0.465 e. The average molecular weight is 308 g/mol. The first kappa shape index (κ1) is 16.5. The Morgan fingerprint density at radius 1 is 1.36 bits per heavy atom. The molecule has 0 aliphatic heterocycles. The lowest BCUT2D eigenvalue weighted by atomic mass is 10.3. The molecule has 0 spiro atoms. The van der Waals surface area contributed by atoms with E-state index >= 15 is 0 Å². The zero-order valence-corrected chi connectivity index (χ0v) is 13.7. The first-order chi connectivity index (χ1) is 10.4. The van der Waals surface area contributed by atoms with E-state index in [1.165, 1.54) is 0 Å². The molecule has 0 unspecified atom stereocenters. The summed E-state index contributed by atoms with van der Waals surface area (Å²) in [6.45, 7) is 6.26. The van der Waals surface area contributed by atoms with Crippen LogP contribution in [0.3, 0.4) is 0 Å². The van der Waals surface area contributed by atoms with Crippen LogP contribution in [0.25, 0.3) is 0 Å². The minimum atomic E-state index is -0.282. The molecular formula is C15H24N4O3. The zero-order chi connectivity index (χ0) is 16.3. The van der Waals surface area contributed by atoms with Crippen molar-refractivity contribution in [1.82, 2.24) is 14.7 Å². The van der Waals surface area contributed by atoms with Gasteiger partial charge >= 0.3 is 5.97 Å². The van der Waals surface area contributed by atoms with Crippen molar-refractivity contribution in [3.63, 3.8) is 0 Å². The maximum absolute atomic E-state index is 12.3. The number of esters is 1. The molecule has 1 fully saturated rings. The Kier molecular flexibility index (Phi) is 5.18. The number of ether oxygens (including phenoxy) is 1. The molecule has 1 saturated carbocycles. The molecular weight excluding hydrogens is 284 g/mol. The highest BCUT2D eigenvalue weighted by molar-refractivity contribution is 5.93. The maximum Gasteiger partial charge on any atom is 0.320 e. The predicted octanol–water partition coefficient (Wildman–Crippen LogP) is 1.00. The van der Waals surface area contributed by atoms with E-state index < -0.39 is 0 Å². The van der Waals surface area contributed by atoms with E-state index in [9.17, 15) is 9.59 Å². The highest BCUT2D eigenvalue weighted by atomic mass is 16.5. The van der Waals surface area contributed by atoms with Crippen LogP contribution in [0.2, 0.25) is 0 Å². The quantitative estimate of drug-likeness (QED) is 0.761. The number of hydrogen-bond donors (Lipinski definition) is 1. The molecule has 22 heavy (non-hydrogen) atoms. The van der Waals surface area contributed by atoms with Gasteiger partial charge < -0.3 is 10.1 Å². The molecule has 7 nitrogen and oxygen atoms in total. The standard InChI is InChI=1S/C15H24N4O3/c1-5-22-14(21)9-19(12-6-7-12)8-13(20)16-15-10(2)17-18(4)11(15)3/h12H,5-9H2,1-4H3,(H,16,20). The van der Waals surface area contributed by atoms with Crippen LogP contribution in [-0.4, -0.2) is 52.3 Å². The van der Waals surface area contributed by atoms with Crippen molar-refractivity contribution in [3.05, 3.63) is 11.4 Å². The molecule has 1 aliphatic carbocycles. The Bertz CT molecular complexity index is 563. The number of aryl methyl sites for hydroxylation is 2. The van der Waals surface area contributed by atoms with E-state index in [1.54, 1.807) is 11.6 Å². The molecule has 1 aliphatic rings. The van der Waals surface area contributed by atoms with E-state index in [4.69, 9.17) is 4.74 Å². The molecule has 0 saturated heterocycles. The van der Waals surface area contributed by atoms with Crippen LogP contribution in [-0.2, 0) is 21.4 Å². The third-order valence-electron chi connectivity index (χ3n) is 3.82. The predicted molar refractivity (Wildman–Crippen MR) is 82.5 cm³/mol. The van der Waals surface area contributed by atoms with E-state index in [1.807, 2.05) is 25.8 Å². The van der Waals surface area contributed by atoms with E-state index in [0.29, 0.717) is 12.6 Å². The number of anilines is 1. The molecule has 0 aromatic carbocycles. The summed E-state index contributed by atoms with van der Waals surface area (Å²) in [7, 11) is 1.84. The molecule has 1 aromatic rings. The van der Waals surface area contributed by atoms with Gasteiger partial charge in [0.25, 0.3) is 0 Å². The summed E-state index contributed by atoms with van der Waals surface area (Å²) in [5.41, 5.74) is 2.45. The normalized spacial score (nSPS) is 14.2. The highest BCUT2D eigenvalue weighted by Crippen LogP contribution is 2.26. The first-order valence-electron chi connectivity index (χ1n) is 7.62. The van der Waals surface area contributed by atoms with Crippen molar-refractivity contribution in [2.45, 2.75) is 39.7 Å². The van der Waals surface area contributed by atoms with Gasteiger partial charge in [0.05, 0.1) is 36.8 Å². The second-order valence-corrected chi connectivity index (χ2v) is 5.66. The van der Waals surface area contributed by atoms with Gasteiger partial charge in [-0.15, -0.1) is 0 Å². The maximum atomic E-state index is 12.3. The van der Waals surface area contributed by atoms with Gasteiger partial charge in [0, 0.05) is 13.1 Å². The molecule has 122 valence electrons. The van der Waals surface area contributed by atoms with Gasteiger partial charge in [0.1, 0.15) is 0 Å². The summed E-state index contributed by atoms with van der Waals surface area (Å²) < 4.78 is 6.70. The van der Waals surface area contributed by atoms with Crippen LogP contribution in [0, 0.1) is 13.8 Å². The summed E-state index contributed by atoms with van der Waals surface area (Å²) >= 11 is 0. The van der Waals surface area contributed by atoms with Crippen LogP contribution in [0.1, 0.15) is 31.2 Å². The van der Waals surface area contributed by atoms with Crippen molar-refractivity contribution < 1.29 is 14.3 Å². The zero-order valence-electron chi connectivity index (χ0n) is 13.7. The Hall–Kier alpha value is -1.89. The van der Waals surface area contributed by atoms with Crippen molar-refractivity contribution in [3.8, 4) is 0 Å². The second-order valence-electron chi connectivity index (χ2n) is 5.66. The number of carbonyl (C=O) groups is 2. The average Bonchev–Trinajstić information content (AvgIpc) is 3.24. The molecule has 0 radical (unpaired) electrons. The van der Waals surface area contributed by atoms with Gasteiger partial charge in [0.2, 0.25) is 5.91 Å². The lowest BCUT2D eigenvalue weighted by Gasteiger charge is -2.20.